The van der Waals surface area contributed by atoms with Gasteiger partial charge < -0.3 is 5.32 Å². The molecule has 1 saturated heterocycles. The molecule has 0 spiro atoms. The fourth-order valence-corrected chi connectivity index (χ4v) is 5.22. The van der Waals surface area contributed by atoms with Crippen molar-refractivity contribution >= 4 is 17.7 Å². The molecule has 1 amide bonds. The number of rotatable bonds is 7. The first kappa shape index (κ1) is 18.8. The predicted molar refractivity (Wildman–Crippen MR) is 107 cm³/mol. The van der Waals surface area contributed by atoms with Gasteiger partial charge in [-0.25, -0.2) is 0 Å². The van der Waals surface area contributed by atoms with Crippen LogP contribution in [-0.4, -0.2) is 41.4 Å². The molecule has 3 nitrogen and oxygen atoms in total. The predicted octanol–water partition coefficient (Wildman–Crippen LogP) is 4.32. The summed E-state index contributed by atoms with van der Waals surface area (Å²) in [5.74, 6) is 1.90. The zero-order valence-electron chi connectivity index (χ0n) is 15.5. The molecule has 2 aliphatic rings. The first-order valence-corrected chi connectivity index (χ1v) is 11.0. The molecule has 1 aromatic rings. The zero-order chi connectivity index (χ0) is 17.5. The molecular weight excluding hydrogens is 328 g/mol. The summed E-state index contributed by atoms with van der Waals surface area (Å²) in [5, 5.41) is 3.89. The Morgan fingerprint density at radius 3 is 2.64 bits per heavy atom. The molecule has 1 heterocycles. The van der Waals surface area contributed by atoms with Gasteiger partial charge in [-0.05, 0) is 55.8 Å². The van der Waals surface area contributed by atoms with Gasteiger partial charge in [-0.2, -0.15) is 11.8 Å². The Bertz CT molecular complexity index is 539. The average molecular weight is 361 g/mol. The van der Waals surface area contributed by atoms with Crippen molar-refractivity contribution in [3.05, 3.63) is 35.4 Å². The number of hydrogen-bond acceptors (Lipinski definition) is 3. The molecular formula is C21H32N2OS. The first-order valence-electron chi connectivity index (χ1n) is 9.92. The molecule has 138 valence electrons. The van der Waals surface area contributed by atoms with Crippen molar-refractivity contribution in [2.45, 2.75) is 57.2 Å². The Hall–Kier alpha value is -1.00. The summed E-state index contributed by atoms with van der Waals surface area (Å²) in [5.41, 5.74) is 2.09. The van der Waals surface area contributed by atoms with Crippen molar-refractivity contribution in [3.63, 3.8) is 0 Å². The monoisotopic (exact) mass is 360 g/mol. The highest BCUT2D eigenvalue weighted by Crippen LogP contribution is 2.28. The highest BCUT2D eigenvalue weighted by molar-refractivity contribution is 7.99. The van der Waals surface area contributed by atoms with Crippen LogP contribution >= 0.6 is 11.8 Å². The number of thioether (sulfide) groups is 1. The summed E-state index contributed by atoms with van der Waals surface area (Å²) in [6.07, 6.45) is 8.14. The maximum Gasteiger partial charge on any atom is 0.251 e. The largest absolute Gasteiger partial charge is 0.351 e. The third-order valence-corrected chi connectivity index (χ3v) is 6.79. The maximum absolute atomic E-state index is 12.3. The summed E-state index contributed by atoms with van der Waals surface area (Å²) in [6, 6.07) is 8.17. The van der Waals surface area contributed by atoms with Crippen LogP contribution in [0.25, 0.3) is 0 Å². The van der Waals surface area contributed by atoms with Crippen LogP contribution in [0.2, 0.25) is 0 Å². The lowest BCUT2D eigenvalue weighted by atomic mass is 9.99. The summed E-state index contributed by atoms with van der Waals surface area (Å²) in [7, 11) is 0. The second kappa shape index (κ2) is 9.63. The van der Waals surface area contributed by atoms with Gasteiger partial charge in [-0.1, -0.05) is 31.9 Å². The van der Waals surface area contributed by atoms with Crippen LogP contribution in [-0.2, 0) is 6.54 Å². The number of likely N-dealkylation sites (tertiary alicyclic amines) is 1. The molecule has 1 aliphatic heterocycles. The van der Waals surface area contributed by atoms with Gasteiger partial charge in [0.1, 0.15) is 0 Å². The molecule has 0 unspecified atom stereocenters. The summed E-state index contributed by atoms with van der Waals surface area (Å²) in [4.78, 5) is 14.8. The van der Waals surface area contributed by atoms with Crippen LogP contribution in [0, 0.1) is 5.92 Å². The number of benzene rings is 1. The van der Waals surface area contributed by atoms with Crippen LogP contribution in [0.1, 0.15) is 61.4 Å². The second-order valence-electron chi connectivity index (χ2n) is 7.71. The van der Waals surface area contributed by atoms with Crippen LogP contribution < -0.4 is 5.32 Å². The van der Waals surface area contributed by atoms with Gasteiger partial charge in [0.2, 0.25) is 0 Å². The molecule has 1 N–H and O–H groups in total. The highest BCUT2D eigenvalue weighted by atomic mass is 32.2. The Kier molecular flexibility index (Phi) is 7.23. The topological polar surface area (TPSA) is 32.3 Å². The number of nitrogens with zero attached hydrogens (tertiary/aromatic N) is 1. The lowest BCUT2D eigenvalue weighted by Crippen LogP contribution is -2.33. The van der Waals surface area contributed by atoms with Gasteiger partial charge in [0.05, 0.1) is 0 Å². The molecule has 1 saturated carbocycles. The first-order chi connectivity index (χ1) is 12.2. The molecule has 3 rings (SSSR count). The Morgan fingerprint density at radius 2 is 1.92 bits per heavy atom. The van der Waals surface area contributed by atoms with E-state index in [-0.39, 0.29) is 5.91 Å². The number of hydrogen-bond donors (Lipinski definition) is 1. The smallest absolute Gasteiger partial charge is 0.251 e. The van der Waals surface area contributed by atoms with Crippen molar-refractivity contribution < 1.29 is 4.79 Å². The van der Waals surface area contributed by atoms with Gasteiger partial charge in [-0.15, -0.1) is 0 Å². The molecule has 0 bridgehead atoms. The van der Waals surface area contributed by atoms with Crippen LogP contribution in [0.5, 0.6) is 0 Å². The average Bonchev–Trinajstić information content (AvgIpc) is 3.13. The molecule has 25 heavy (non-hydrogen) atoms. The van der Waals surface area contributed by atoms with Crippen molar-refractivity contribution in [2.75, 3.05) is 25.4 Å². The molecule has 1 aromatic carbocycles. The molecule has 0 radical (unpaired) electrons. The normalized spacial score (nSPS) is 22.2. The second-order valence-corrected chi connectivity index (χ2v) is 9.12. The molecule has 1 atom stereocenters. The minimum Gasteiger partial charge on any atom is -0.351 e. The van der Waals surface area contributed by atoms with Crippen molar-refractivity contribution in [2.24, 2.45) is 5.92 Å². The third kappa shape index (κ3) is 6.03. The van der Waals surface area contributed by atoms with E-state index in [1.807, 2.05) is 23.9 Å². The van der Waals surface area contributed by atoms with Gasteiger partial charge in [0.15, 0.2) is 0 Å². The van der Waals surface area contributed by atoms with Crippen LogP contribution in [0.15, 0.2) is 24.3 Å². The molecule has 2 fully saturated rings. The molecule has 4 heteroatoms. The Morgan fingerprint density at radius 1 is 1.16 bits per heavy atom. The number of piperidine rings is 1. The SMILES string of the molecule is C[C@@H]1CCCN(Cc2ccc(C(=O)NCCSC3CCCC3)cc2)C1. The van der Waals surface area contributed by atoms with Crippen molar-refractivity contribution in [3.8, 4) is 0 Å². The van der Waals surface area contributed by atoms with Crippen molar-refractivity contribution in [1.82, 2.24) is 10.2 Å². The number of carbonyl (C=O) groups excluding carboxylic acids is 1. The van der Waals surface area contributed by atoms with E-state index >= 15 is 0 Å². The van der Waals surface area contributed by atoms with Gasteiger partial charge >= 0.3 is 0 Å². The summed E-state index contributed by atoms with van der Waals surface area (Å²) in [6.45, 7) is 6.51. The van der Waals surface area contributed by atoms with E-state index in [0.29, 0.717) is 0 Å². The lowest BCUT2D eigenvalue weighted by molar-refractivity contribution is 0.0956. The molecule has 1 aliphatic carbocycles. The highest BCUT2D eigenvalue weighted by Gasteiger charge is 2.17. The van der Waals surface area contributed by atoms with E-state index in [2.05, 4.69) is 29.3 Å². The maximum atomic E-state index is 12.3. The van der Waals surface area contributed by atoms with Gasteiger partial charge in [0.25, 0.3) is 5.91 Å². The lowest BCUT2D eigenvalue weighted by Gasteiger charge is -2.30. The molecule has 0 aromatic heterocycles. The minimum atomic E-state index is 0.0603. The minimum absolute atomic E-state index is 0.0603. The van der Waals surface area contributed by atoms with Crippen molar-refractivity contribution in [1.29, 1.82) is 0 Å². The van der Waals surface area contributed by atoms with E-state index in [0.717, 1.165) is 35.6 Å². The number of nitrogens with one attached hydrogen (secondary N) is 1. The number of amides is 1. The van der Waals surface area contributed by atoms with Crippen LogP contribution in [0.3, 0.4) is 0 Å². The van der Waals surface area contributed by atoms with E-state index in [9.17, 15) is 4.79 Å². The van der Waals surface area contributed by atoms with E-state index in [1.54, 1.807) is 0 Å². The van der Waals surface area contributed by atoms with E-state index < -0.39 is 0 Å². The number of carbonyl (C=O) groups is 1. The summed E-state index contributed by atoms with van der Waals surface area (Å²) < 4.78 is 0. The Labute approximate surface area is 156 Å². The van der Waals surface area contributed by atoms with Crippen LogP contribution in [0.4, 0.5) is 0 Å². The quantitative estimate of drug-likeness (QED) is 0.735. The fraction of sp³-hybridized carbons (Fsp3) is 0.667. The van der Waals surface area contributed by atoms with Gasteiger partial charge in [0, 0.05) is 36.2 Å². The summed E-state index contributed by atoms with van der Waals surface area (Å²) >= 11 is 2.02. The zero-order valence-corrected chi connectivity index (χ0v) is 16.3. The standard InChI is InChI=1S/C21H32N2OS/c1-17-5-4-13-23(15-17)16-18-8-10-19(11-9-18)21(24)22-12-14-25-20-6-2-3-7-20/h8-11,17,20H,2-7,12-16H2,1H3,(H,22,24)/t17-/m1/s1. The third-order valence-electron chi connectivity index (χ3n) is 5.41. The van der Waals surface area contributed by atoms with Gasteiger partial charge in [-0.3, -0.25) is 9.69 Å². The fourth-order valence-electron chi connectivity index (χ4n) is 4.00. The van der Waals surface area contributed by atoms with E-state index in [1.165, 1.54) is 57.2 Å². The Balaban J connectivity index is 1.39. The van der Waals surface area contributed by atoms with E-state index in [4.69, 9.17) is 0 Å².